The molecule has 0 saturated carbocycles. The molecule has 0 radical (unpaired) electrons. The maximum Gasteiger partial charge on any atom is 0.417 e. The molecule has 2 atom stereocenters. The van der Waals surface area contributed by atoms with Crippen LogP contribution in [0.1, 0.15) is 45.1 Å². The number of allylic oxidation sites excluding steroid dienone is 1. The predicted octanol–water partition coefficient (Wildman–Crippen LogP) is 4.74. The second-order valence-electron chi connectivity index (χ2n) is 6.40. The molecule has 27 heavy (non-hydrogen) atoms. The Morgan fingerprint density at radius 2 is 2.15 bits per heavy atom. The summed E-state index contributed by atoms with van der Waals surface area (Å²) >= 11 is 0. The van der Waals surface area contributed by atoms with Gasteiger partial charge in [-0.25, -0.2) is 9.78 Å². The molecule has 0 aliphatic heterocycles. The van der Waals surface area contributed by atoms with Crippen LogP contribution in [-0.2, 0) is 15.7 Å². The number of carboxylic acids is 1. The average molecular weight is 385 g/mol. The van der Waals surface area contributed by atoms with Gasteiger partial charge in [-0.1, -0.05) is 13.3 Å². The zero-order valence-corrected chi connectivity index (χ0v) is 15.1. The van der Waals surface area contributed by atoms with Crippen molar-refractivity contribution in [2.24, 2.45) is 0 Å². The van der Waals surface area contributed by atoms with Crippen molar-refractivity contribution >= 4 is 5.97 Å². The Balaban J connectivity index is 2.13. The lowest BCUT2D eigenvalue weighted by atomic mass is 9.89. The number of unbranched alkanes of at least 4 members (excludes halogenated alkanes) is 1. The van der Waals surface area contributed by atoms with Gasteiger partial charge in [-0.2, -0.15) is 13.2 Å². The molecule has 1 aliphatic carbocycles. The van der Waals surface area contributed by atoms with Crippen LogP contribution < -0.4 is 4.74 Å². The second-order valence-corrected chi connectivity index (χ2v) is 6.40. The standard InChI is InChI=1S/C19H22F3NO4/c1-3-4-9-18(10-7-15(8-11-18)26-13(2)17(24)25)27-16-6-5-14(12-23-16)19(20,21)22/h5-8,10,12-13H,3-4,9,11H2,1-2H3,(H,24,25). The lowest BCUT2D eigenvalue weighted by Gasteiger charge is -2.33. The minimum atomic E-state index is -4.45. The maximum absolute atomic E-state index is 12.7. The topological polar surface area (TPSA) is 68.7 Å². The first kappa shape index (κ1) is 20.8. The first-order valence-electron chi connectivity index (χ1n) is 8.66. The summed E-state index contributed by atoms with van der Waals surface area (Å²) in [6.45, 7) is 3.45. The Hall–Kier alpha value is -2.51. The minimum Gasteiger partial charge on any atom is -0.479 e. The summed E-state index contributed by atoms with van der Waals surface area (Å²) < 4.78 is 49.3. The number of carboxylic acid groups (broad SMARTS) is 1. The van der Waals surface area contributed by atoms with Gasteiger partial charge in [0, 0.05) is 18.7 Å². The van der Waals surface area contributed by atoms with E-state index >= 15 is 0 Å². The molecule has 148 valence electrons. The van der Waals surface area contributed by atoms with E-state index in [1.807, 2.05) is 6.92 Å². The zero-order chi connectivity index (χ0) is 20.1. The van der Waals surface area contributed by atoms with E-state index in [4.69, 9.17) is 14.6 Å². The van der Waals surface area contributed by atoms with Crippen molar-refractivity contribution in [2.45, 2.75) is 57.4 Å². The Kier molecular flexibility index (Phi) is 6.51. The Bertz CT molecular complexity index is 713. The SMILES string of the molecule is CCCCC1(Oc2ccc(C(F)(F)F)cn2)C=CC(OC(C)C(=O)O)=CC1. The van der Waals surface area contributed by atoms with Gasteiger partial charge in [-0.3, -0.25) is 0 Å². The smallest absolute Gasteiger partial charge is 0.417 e. The van der Waals surface area contributed by atoms with Crippen LogP contribution in [-0.4, -0.2) is 27.8 Å². The molecule has 1 aliphatic rings. The molecule has 1 aromatic heterocycles. The maximum atomic E-state index is 12.7. The van der Waals surface area contributed by atoms with Gasteiger partial charge in [0.15, 0.2) is 6.10 Å². The third kappa shape index (κ3) is 5.74. The number of hydrogen-bond acceptors (Lipinski definition) is 4. The molecule has 1 aromatic rings. The molecule has 1 N–H and O–H groups in total. The lowest BCUT2D eigenvalue weighted by Crippen LogP contribution is -2.35. The van der Waals surface area contributed by atoms with Crippen molar-refractivity contribution in [3.05, 3.63) is 47.9 Å². The number of ether oxygens (including phenoxy) is 2. The van der Waals surface area contributed by atoms with Gasteiger partial charge in [-0.05, 0) is 44.1 Å². The Labute approximate surface area is 155 Å². The van der Waals surface area contributed by atoms with Crippen molar-refractivity contribution in [1.29, 1.82) is 0 Å². The molecule has 0 saturated heterocycles. The fourth-order valence-corrected chi connectivity index (χ4v) is 2.59. The van der Waals surface area contributed by atoms with Crippen LogP contribution >= 0.6 is 0 Å². The van der Waals surface area contributed by atoms with Gasteiger partial charge >= 0.3 is 12.1 Å². The molecule has 2 rings (SSSR count). The number of nitrogens with zero attached hydrogens (tertiary/aromatic N) is 1. The molecule has 0 fully saturated rings. The van der Waals surface area contributed by atoms with E-state index < -0.39 is 29.4 Å². The molecule has 2 unspecified atom stereocenters. The van der Waals surface area contributed by atoms with E-state index in [-0.39, 0.29) is 5.88 Å². The zero-order valence-electron chi connectivity index (χ0n) is 15.1. The summed E-state index contributed by atoms with van der Waals surface area (Å²) in [5, 5.41) is 8.92. The van der Waals surface area contributed by atoms with Gasteiger partial charge in [0.05, 0.1) is 5.56 Å². The van der Waals surface area contributed by atoms with Crippen LogP contribution in [0.2, 0.25) is 0 Å². The monoisotopic (exact) mass is 385 g/mol. The van der Waals surface area contributed by atoms with Crippen LogP contribution in [0.4, 0.5) is 13.2 Å². The molecule has 8 heteroatoms. The van der Waals surface area contributed by atoms with E-state index in [0.717, 1.165) is 25.1 Å². The van der Waals surface area contributed by atoms with Crippen LogP contribution in [0.15, 0.2) is 42.3 Å². The largest absolute Gasteiger partial charge is 0.479 e. The average Bonchev–Trinajstić information content (AvgIpc) is 2.61. The summed E-state index contributed by atoms with van der Waals surface area (Å²) in [5.41, 5.74) is -1.60. The van der Waals surface area contributed by atoms with Crippen LogP contribution in [0.5, 0.6) is 5.88 Å². The number of rotatable bonds is 8. The van der Waals surface area contributed by atoms with Crippen molar-refractivity contribution in [2.75, 3.05) is 0 Å². The van der Waals surface area contributed by atoms with Gasteiger partial charge in [0.2, 0.25) is 5.88 Å². The van der Waals surface area contributed by atoms with E-state index in [0.29, 0.717) is 18.6 Å². The first-order valence-corrected chi connectivity index (χ1v) is 8.66. The van der Waals surface area contributed by atoms with Gasteiger partial charge < -0.3 is 14.6 Å². The van der Waals surface area contributed by atoms with Crippen LogP contribution in [0.3, 0.4) is 0 Å². The molecular weight excluding hydrogens is 363 g/mol. The summed E-state index contributed by atoms with van der Waals surface area (Å²) in [4.78, 5) is 14.7. The molecule has 0 bridgehead atoms. The number of hydrogen-bond donors (Lipinski definition) is 1. The lowest BCUT2D eigenvalue weighted by molar-refractivity contribution is -0.146. The van der Waals surface area contributed by atoms with Crippen LogP contribution in [0.25, 0.3) is 0 Å². The highest BCUT2D eigenvalue weighted by Gasteiger charge is 2.33. The highest BCUT2D eigenvalue weighted by atomic mass is 19.4. The van der Waals surface area contributed by atoms with Crippen molar-refractivity contribution in [3.63, 3.8) is 0 Å². The normalized spacial score (nSPS) is 20.7. The fourth-order valence-electron chi connectivity index (χ4n) is 2.59. The molecule has 1 heterocycles. The van der Waals surface area contributed by atoms with Gasteiger partial charge in [0.25, 0.3) is 0 Å². The molecule has 0 amide bonds. The Morgan fingerprint density at radius 1 is 1.41 bits per heavy atom. The molecule has 0 spiro atoms. The molecule has 5 nitrogen and oxygen atoms in total. The Morgan fingerprint density at radius 3 is 2.63 bits per heavy atom. The number of alkyl halides is 3. The van der Waals surface area contributed by atoms with Crippen molar-refractivity contribution < 1.29 is 32.5 Å². The summed E-state index contributed by atoms with van der Waals surface area (Å²) in [7, 11) is 0. The first-order chi connectivity index (χ1) is 12.6. The quantitative estimate of drug-likeness (QED) is 0.700. The number of carbonyl (C=O) groups is 1. The summed E-state index contributed by atoms with van der Waals surface area (Å²) in [6.07, 6.45) is 3.22. The van der Waals surface area contributed by atoms with Gasteiger partial charge in [0.1, 0.15) is 11.4 Å². The van der Waals surface area contributed by atoms with Crippen molar-refractivity contribution in [1.82, 2.24) is 4.98 Å². The van der Waals surface area contributed by atoms with E-state index in [2.05, 4.69) is 4.98 Å². The summed E-state index contributed by atoms with van der Waals surface area (Å²) in [6, 6.07) is 2.13. The third-order valence-electron chi connectivity index (χ3n) is 4.19. The van der Waals surface area contributed by atoms with E-state index in [1.54, 1.807) is 18.2 Å². The number of halogens is 3. The predicted molar refractivity (Wildman–Crippen MR) is 92.1 cm³/mol. The van der Waals surface area contributed by atoms with E-state index in [1.165, 1.54) is 13.0 Å². The molecule has 0 aromatic carbocycles. The fraction of sp³-hybridized carbons (Fsp3) is 0.474. The second kappa shape index (κ2) is 8.45. The summed E-state index contributed by atoms with van der Waals surface area (Å²) in [5.74, 6) is -0.557. The van der Waals surface area contributed by atoms with Crippen LogP contribution in [0, 0.1) is 0 Å². The number of aliphatic carboxylic acids is 1. The van der Waals surface area contributed by atoms with Crippen molar-refractivity contribution in [3.8, 4) is 5.88 Å². The van der Waals surface area contributed by atoms with Gasteiger partial charge in [-0.15, -0.1) is 0 Å². The molecular formula is C19H22F3NO4. The minimum absolute atomic E-state index is 0.0976. The highest BCUT2D eigenvalue weighted by Crippen LogP contribution is 2.34. The highest BCUT2D eigenvalue weighted by molar-refractivity contribution is 5.71. The number of pyridine rings is 1. The number of aromatic nitrogens is 1. The van der Waals surface area contributed by atoms with E-state index in [9.17, 15) is 18.0 Å². The third-order valence-corrected chi connectivity index (χ3v) is 4.19.